The summed E-state index contributed by atoms with van der Waals surface area (Å²) in [4.78, 5) is 0. The van der Waals surface area contributed by atoms with Crippen LogP contribution in [0.15, 0.2) is 0 Å². The molecule has 0 aromatic carbocycles. The van der Waals surface area contributed by atoms with Gasteiger partial charge in [-0.1, -0.05) is 44.9 Å². The van der Waals surface area contributed by atoms with Gasteiger partial charge in [-0.2, -0.15) is 0 Å². The topological polar surface area (TPSA) is 0 Å². The minimum atomic E-state index is 1.29. The Morgan fingerprint density at radius 3 is 0.481 bits per heavy atom. The highest BCUT2D eigenvalue weighted by atomic mass is 31.1. The smallest absolute Gasteiger partial charge is 0.0353 e. The molecule has 0 nitrogen and oxygen atoms in total. The van der Waals surface area contributed by atoms with Crippen LogP contribution in [0.5, 0.6) is 0 Å². The Morgan fingerprint density at radius 1 is 0.185 bits per heavy atom. The van der Waals surface area contributed by atoms with E-state index in [9.17, 15) is 0 Å². The Bertz CT molecular complexity index is 165. The molecule has 0 unspecified atom stereocenters. The van der Waals surface area contributed by atoms with Gasteiger partial charge < -0.3 is 0 Å². The lowest BCUT2D eigenvalue weighted by Gasteiger charge is -2.06. The minimum absolute atomic E-state index is 1.29. The van der Waals surface area contributed by atoms with Crippen molar-refractivity contribution >= 4 is 34.3 Å². The number of hydrogen-bond donors (Lipinski definition) is 0. The molecule has 27 heavy (non-hydrogen) atoms. The third kappa shape index (κ3) is 22.2. The summed E-state index contributed by atoms with van der Waals surface area (Å²) in [6.45, 7) is 0. The van der Waals surface area contributed by atoms with Crippen LogP contribution in [0.25, 0.3) is 0 Å². The van der Waals surface area contributed by atoms with Crippen molar-refractivity contribution in [1.82, 2.24) is 0 Å². The van der Waals surface area contributed by atoms with E-state index >= 15 is 0 Å². The molecule has 0 aromatic heterocycles. The van der Waals surface area contributed by atoms with Crippen molar-refractivity contribution in [2.75, 3.05) is 49.3 Å². The van der Waals surface area contributed by atoms with E-state index in [1.807, 2.05) is 0 Å². The fourth-order valence-electron chi connectivity index (χ4n) is 3.74. The standard InChI is InChI=1S/3C6H13P.C5H11P/c3*1-2-4-6-7-5-3-1;1-2-4-6-5-3-1/h3*7H,1-6H2;6H,1-5H2. The van der Waals surface area contributed by atoms with Crippen molar-refractivity contribution in [3.63, 3.8) is 0 Å². The second kappa shape index (κ2) is 24.0. The Labute approximate surface area is 179 Å². The summed E-state index contributed by atoms with van der Waals surface area (Å²) in [6.07, 6.45) is 34.9. The molecule has 4 rings (SSSR count). The molecule has 0 atom stereocenters. The molecule has 0 amide bonds. The Balaban J connectivity index is 0.000000180. The minimum Gasteiger partial charge on any atom is -0.122 e. The van der Waals surface area contributed by atoms with E-state index in [1.54, 1.807) is 0 Å². The quantitative estimate of drug-likeness (QED) is 0.324. The fourth-order valence-corrected chi connectivity index (χ4v) is 8.74. The van der Waals surface area contributed by atoms with E-state index in [0.717, 1.165) is 0 Å². The zero-order valence-corrected chi connectivity index (χ0v) is 22.3. The molecule has 162 valence electrons. The first-order valence-corrected chi connectivity index (χ1v) is 18.0. The first kappa shape index (κ1) is 26.8. The lowest BCUT2D eigenvalue weighted by atomic mass is 10.2. The average Bonchev–Trinajstić information content (AvgIpc) is 3.31. The fraction of sp³-hybridized carbons (Fsp3) is 1.00. The number of hydrogen-bond acceptors (Lipinski definition) is 0. The van der Waals surface area contributed by atoms with Gasteiger partial charge in [-0.15, -0.1) is 34.3 Å². The van der Waals surface area contributed by atoms with Gasteiger partial charge in [0.2, 0.25) is 0 Å². The molecule has 4 heterocycles. The van der Waals surface area contributed by atoms with Crippen molar-refractivity contribution in [3.05, 3.63) is 0 Å². The van der Waals surface area contributed by atoms with Crippen LogP contribution in [-0.2, 0) is 0 Å². The van der Waals surface area contributed by atoms with Crippen LogP contribution in [0.1, 0.15) is 96.3 Å². The highest BCUT2D eigenvalue weighted by Gasteiger charge is 1.97. The first-order chi connectivity index (χ1) is 13.5. The average molecular weight is 451 g/mol. The maximum Gasteiger partial charge on any atom is -0.0353 e. The van der Waals surface area contributed by atoms with Gasteiger partial charge in [-0.3, -0.25) is 0 Å². The van der Waals surface area contributed by atoms with E-state index in [1.165, 1.54) is 180 Å². The molecular weight excluding hydrogens is 400 g/mol. The molecular formula is C23H50P4. The van der Waals surface area contributed by atoms with E-state index in [-0.39, 0.29) is 0 Å². The van der Waals surface area contributed by atoms with Crippen LogP contribution in [-0.4, -0.2) is 49.3 Å². The molecule has 0 radical (unpaired) electrons. The van der Waals surface area contributed by atoms with E-state index in [2.05, 4.69) is 0 Å². The zero-order valence-electron chi connectivity index (χ0n) is 18.3. The summed E-state index contributed by atoms with van der Waals surface area (Å²) in [5.41, 5.74) is 0. The molecule has 4 saturated heterocycles. The van der Waals surface area contributed by atoms with Crippen LogP contribution in [0.4, 0.5) is 0 Å². The van der Waals surface area contributed by atoms with Crippen molar-refractivity contribution < 1.29 is 0 Å². The monoisotopic (exact) mass is 450 g/mol. The second-order valence-corrected chi connectivity index (χ2v) is 14.3. The predicted octanol–water partition coefficient (Wildman–Crippen LogP) is 8.57. The summed E-state index contributed by atoms with van der Waals surface area (Å²) in [5.74, 6) is 0. The van der Waals surface area contributed by atoms with Gasteiger partial charge in [-0.25, -0.2) is 0 Å². The molecule has 0 bridgehead atoms. The molecule has 4 heteroatoms. The van der Waals surface area contributed by atoms with Crippen LogP contribution in [0.3, 0.4) is 0 Å². The first-order valence-electron chi connectivity index (χ1n) is 12.3. The molecule has 4 aliphatic heterocycles. The maximum atomic E-state index is 1.53. The molecule has 0 aromatic rings. The van der Waals surface area contributed by atoms with Crippen LogP contribution in [0, 0.1) is 0 Å². The maximum absolute atomic E-state index is 1.53. The van der Waals surface area contributed by atoms with E-state index < -0.39 is 0 Å². The second-order valence-electron chi connectivity index (χ2n) is 8.30. The Morgan fingerprint density at radius 2 is 0.333 bits per heavy atom. The van der Waals surface area contributed by atoms with Crippen LogP contribution >= 0.6 is 34.3 Å². The third-order valence-corrected chi connectivity index (χ3v) is 11.2. The van der Waals surface area contributed by atoms with Gasteiger partial charge in [0.1, 0.15) is 0 Å². The summed E-state index contributed by atoms with van der Waals surface area (Å²) in [7, 11) is 5.19. The normalized spacial score (nSPS) is 24.0. The van der Waals surface area contributed by atoms with E-state index in [4.69, 9.17) is 0 Å². The Kier molecular flexibility index (Phi) is 23.8. The number of rotatable bonds is 0. The van der Waals surface area contributed by atoms with Gasteiger partial charge >= 0.3 is 0 Å². The summed E-state index contributed by atoms with van der Waals surface area (Å²) < 4.78 is 0. The van der Waals surface area contributed by atoms with Crippen molar-refractivity contribution in [2.24, 2.45) is 0 Å². The van der Waals surface area contributed by atoms with Crippen molar-refractivity contribution in [2.45, 2.75) is 96.3 Å². The lowest BCUT2D eigenvalue weighted by Crippen LogP contribution is -1.89. The van der Waals surface area contributed by atoms with Crippen LogP contribution in [0.2, 0.25) is 0 Å². The molecule has 0 N–H and O–H groups in total. The molecule has 0 saturated carbocycles. The SMILES string of the molecule is C1CCCPCC1.C1CCCPCC1.C1CCCPCC1.C1CCPCC1. The van der Waals surface area contributed by atoms with Gasteiger partial charge in [0.15, 0.2) is 0 Å². The zero-order chi connectivity index (χ0) is 19.1. The molecule has 4 aliphatic rings. The highest BCUT2D eigenvalue weighted by molar-refractivity contribution is 7.38. The van der Waals surface area contributed by atoms with Crippen molar-refractivity contribution in [3.8, 4) is 0 Å². The van der Waals surface area contributed by atoms with Gasteiger partial charge in [0.05, 0.1) is 0 Å². The van der Waals surface area contributed by atoms with Gasteiger partial charge in [0.25, 0.3) is 0 Å². The largest absolute Gasteiger partial charge is 0.122 e. The van der Waals surface area contributed by atoms with E-state index in [0.29, 0.717) is 0 Å². The Hall–Kier alpha value is 1.72. The van der Waals surface area contributed by atoms with Gasteiger partial charge in [0, 0.05) is 0 Å². The van der Waals surface area contributed by atoms with Crippen molar-refractivity contribution in [1.29, 1.82) is 0 Å². The summed E-state index contributed by atoms with van der Waals surface area (Å²) in [5, 5.41) is 0. The third-order valence-electron chi connectivity index (χ3n) is 5.58. The predicted molar refractivity (Wildman–Crippen MR) is 141 cm³/mol. The van der Waals surface area contributed by atoms with Gasteiger partial charge in [-0.05, 0) is 101 Å². The highest BCUT2D eigenvalue weighted by Crippen LogP contribution is 2.22. The molecule has 0 aliphatic carbocycles. The molecule has 4 fully saturated rings. The summed E-state index contributed by atoms with van der Waals surface area (Å²) >= 11 is 0. The molecule has 0 spiro atoms. The summed E-state index contributed by atoms with van der Waals surface area (Å²) in [6, 6.07) is 0. The lowest BCUT2D eigenvalue weighted by molar-refractivity contribution is 0.726. The van der Waals surface area contributed by atoms with Crippen LogP contribution < -0.4 is 0 Å².